The minimum atomic E-state index is -3.67. The van der Waals surface area contributed by atoms with Gasteiger partial charge in [-0.05, 0) is 18.6 Å². The predicted molar refractivity (Wildman–Crippen MR) is 59.1 cm³/mol. The lowest BCUT2D eigenvalue weighted by atomic mass is 10.1. The molecule has 0 aliphatic carbocycles. The maximum absolute atomic E-state index is 12.2. The van der Waals surface area contributed by atoms with Crippen molar-refractivity contribution in [3.05, 3.63) is 29.3 Å². The standard InChI is InChI=1S/C11H11NO4S/c1-7-3-2-4-9-10(7)11(13)12(17(9,14)15)5-8-6-16-8/h2-4,8H,5-6H2,1H3. The van der Waals surface area contributed by atoms with Gasteiger partial charge in [0.25, 0.3) is 15.9 Å². The van der Waals surface area contributed by atoms with Crippen molar-refractivity contribution >= 4 is 15.9 Å². The molecule has 17 heavy (non-hydrogen) atoms. The quantitative estimate of drug-likeness (QED) is 0.721. The van der Waals surface area contributed by atoms with Crippen LogP contribution in [0, 0.1) is 6.92 Å². The van der Waals surface area contributed by atoms with Crippen LogP contribution < -0.4 is 0 Å². The molecule has 2 heterocycles. The summed E-state index contributed by atoms with van der Waals surface area (Å²) in [6, 6.07) is 4.86. The van der Waals surface area contributed by atoms with E-state index in [1.165, 1.54) is 6.07 Å². The van der Waals surface area contributed by atoms with Gasteiger partial charge in [-0.1, -0.05) is 12.1 Å². The maximum Gasteiger partial charge on any atom is 0.269 e. The molecule has 0 radical (unpaired) electrons. The highest BCUT2D eigenvalue weighted by Gasteiger charge is 2.44. The third-order valence-electron chi connectivity index (χ3n) is 3.01. The summed E-state index contributed by atoms with van der Waals surface area (Å²) in [5, 5.41) is 0. The van der Waals surface area contributed by atoms with Crippen LogP contribution in [0.1, 0.15) is 15.9 Å². The van der Waals surface area contributed by atoms with Crippen LogP contribution in [0.3, 0.4) is 0 Å². The fraction of sp³-hybridized carbons (Fsp3) is 0.364. The Balaban J connectivity index is 2.13. The van der Waals surface area contributed by atoms with Gasteiger partial charge in [0.05, 0.1) is 24.8 Å². The van der Waals surface area contributed by atoms with Gasteiger partial charge >= 0.3 is 0 Å². The Morgan fingerprint density at radius 1 is 1.47 bits per heavy atom. The number of hydrogen-bond acceptors (Lipinski definition) is 4. The number of rotatable bonds is 2. The number of hydrogen-bond donors (Lipinski definition) is 0. The molecular formula is C11H11NO4S. The SMILES string of the molecule is Cc1cccc2c1C(=O)N(CC1CO1)S2(=O)=O. The highest BCUT2D eigenvalue weighted by atomic mass is 32.2. The fourth-order valence-corrected chi connectivity index (χ4v) is 3.69. The summed E-state index contributed by atoms with van der Waals surface area (Å²) in [6.45, 7) is 2.38. The van der Waals surface area contributed by atoms with Crippen LogP contribution in [0.4, 0.5) is 0 Å². The molecule has 1 fully saturated rings. The average Bonchev–Trinajstić information content (AvgIpc) is 3.05. The number of benzene rings is 1. The Morgan fingerprint density at radius 2 is 2.18 bits per heavy atom. The Hall–Kier alpha value is -1.40. The van der Waals surface area contributed by atoms with Crippen LogP contribution in [0.15, 0.2) is 23.1 Å². The van der Waals surface area contributed by atoms with Gasteiger partial charge < -0.3 is 4.74 Å². The van der Waals surface area contributed by atoms with E-state index in [1.807, 2.05) is 0 Å². The molecule has 0 bridgehead atoms. The van der Waals surface area contributed by atoms with Gasteiger partial charge in [-0.2, -0.15) is 0 Å². The van der Waals surface area contributed by atoms with E-state index < -0.39 is 15.9 Å². The predicted octanol–water partition coefficient (Wildman–Crippen LogP) is 0.538. The highest BCUT2D eigenvalue weighted by molar-refractivity contribution is 7.90. The molecule has 90 valence electrons. The molecule has 1 atom stereocenters. The van der Waals surface area contributed by atoms with Gasteiger partial charge in [0.2, 0.25) is 0 Å². The van der Waals surface area contributed by atoms with E-state index in [1.54, 1.807) is 19.1 Å². The van der Waals surface area contributed by atoms with Crippen molar-refractivity contribution in [3.8, 4) is 0 Å². The van der Waals surface area contributed by atoms with Crippen LogP contribution in [0.2, 0.25) is 0 Å². The van der Waals surface area contributed by atoms with Crippen LogP contribution in [0.5, 0.6) is 0 Å². The molecule has 5 nitrogen and oxygen atoms in total. The Labute approximate surface area is 99.0 Å². The smallest absolute Gasteiger partial charge is 0.269 e. The maximum atomic E-state index is 12.2. The Kier molecular flexibility index (Phi) is 2.08. The summed E-state index contributed by atoms with van der Waals surface area (Å²) in [5.74, 6) is -0.436. The summed E-state index contributed by atoms with van der Waals surface area (Å²) in [5.41, 5.74) is 0.989. The third kappa shape index (κ3) is 1.48. The van der Waals surface area contributed by atoms with Gasteiger partial charge in [0.1, 0.15) is 4.90 Å². The largest absolute Gasteiger partial charge is 0.371 e. The van der Waals surface area contributed by atoms with E-state index in [2.05, 4.69) is 0 Å². The first kappa shape index (κ1) is 10.7. The van der Waals surface area contributed by atoms with E-state index in [4.69, 9.17) is 4.74 Å². The van der Waals surface area contributed by atoms with Gasteiger partial charge in [0, 0.05) is 0 Å². The Bertz CT molecular complexity index is 604. The van der Waals surface area contributed by atoms with Gasteiger partial charge in [-0.25, -0.2) is 12.7 Å². The van der Waals surface area contributed by atoms with Crippen LogP contribution in [-0.2, 0) is 14.8 Å². The number of epoxide rings is 1. The van der Waals surface area contributed by atoms with Crippen LogP contribution >= 0.6 is 0 Å². The van der Waals surface area contributed by atoms with Crippen molar-refractivity contribution in [2.24, 2.45) is 0 Å². The fourth-order valence-electron chi connectivity index (χ4n) is 2.02. The summed E-state index contributed by atoms with van der Waals surface area (Å²) in [7, 11) is -3.67. The Morgan fingerprint density at radius 3 is 2.76 bits per heavy atom. The van der Waals surface area contributed by atoms with E-state index in [-0.39, 0.29) is 17.5 Å². The zero-order valence-electron chi connectivity index (χ0n) is 9.21. The van der Waals surface area contributed by atoms with Crippen molar-refractivity contribution in [1.29, 1.82) is 0 Å². The van der Waals surface area contributed by atoms with E-state index in [9.17, 15) is 13.2 Å². The summed E-state index contributed by atoms with van der Waals surface area (Å²) >= 11 is 0. The number of carbonyl (C=O) groups is 1. The van der Waals surface area contributed by atoms with Crippen molar-refractivity contribution in [2.45, 2.75) is 17.9 Å². The molecule has 0 saturated carbocycles. The molecule has 0 aromatic heterocycles. The first-order valence-corrected chi connectivity index (χ1v) is 6.74. The average molecular weight is 253 g/mol. The lowest BCUT2D eigenvalue weighted by Crippen LogP contribution is -2.33. The molecule has 2 aliphatic heterocycles. The highest BCUT2D eigenvalue weighted by Crippen LogP contribution is 2.33. The van der Waals surface area contributed by atoms with Gasteiger partial charge in [-0.3, -0.25) is 4.79 Å². The number of sulfonamides is 1. The minimum Gasteiger partial charge on any atom is -0.371 e. The van der Waals surface area contributed by atoms with Crippen molar-refractivity contribution in [2.75, 3.05) is 13.2 Å². The third-order valence-corrected chi connectivity index (χ3v) is 4.81. The molecule has 1 amide bonds. The van der Waals surface area contributed by atoms with E-state index in [0.717, 1.165) is 4.31 Å². The molecule has 1 unspecified atom stereocenters. The van der Waals surface area contributed by atoms with Crippen molar-refractivity contribution in [1.82, 2.24) is 4.31 Å². The summed E-state index contributed by atoms with van der Waals surface area (Å²) < 4.78 is 30.2. The first-order chi connectivity index (χ1) is 8.01. The first-order valence-electron chi connectivity index (χ1n) is 5.30. The van der Waals surface area contributed by atoms with Crippen molar-refractivity contribution in [3.63, 3.8) is 0 Å². The number of aryl methyl sites for hydroxylation is 1. The lowest BCUT2D eigenvalue weighted by molar-refractivity contribution is 0.0863. The minimum absolute atomic E-state index is 0.114. The van der Waals surface area contributed by atoms with Crippen molar-refractivity contribution < 1.29 is 17.9 Å². The number of ether oxygens (including phenoxy) is 1. The number of carbonyl (C=O) groups excluding carboxylic acids is 1. The molecule has 1 saturated heterocycles. The number of amides is 1. The number of fused-ring (bicyclic) bond motifs is 1. The lowest BCUT2D eigenvalue weighted by Gasteiger charge is -2.12. The molecule has 0 spiro atoms. The van der Waals surface area contributed by atoms with Crippen LogP contribution in [-0.4, -0.2) is 37.9 Å². The molecule has 1 aromatic rings. The zero-order valence-corrected chi connectivity index (χ0v) is 10.0. The van der Waals surface area contributed by atoms with E-state index in [0.29, 0.717) is 17.7 Å². The second-order valence-corrected chi connectivity index (χ2v) is 6.08. The normalized spacial score (nSPS) is 24.9. The molecule has 1 aromatic carbocycles. The summed E-state index contributed by atoms with van der Waals surface area (Å²) in [6.07, 6.45) is -0.136. The molecule has 6 heteroatoms. The second-order valence-electron chi connectivity index (χ2n) is 4.24. The van der Waals surface area contributed by atoms with Gasteiger partial charge in [0.15, 0.2) is 0 Å². The molecule has 0 N–H and O–H groups in total. The topological polar surface area (TPSA) is 67.0 Å². The van der Waals surface area contributed by atoms with E-state index >= 15 is 0 Å². The number of nitrogens with zero attached hydrogens (tertiary/aromatic N) is 1. The monoisotopic (exact) mass is 253 g/mol. The molecule has 2 aliphatic rings. The zero-order chi connectivity index (χ0) is 12.2. The van der Waals surface area contributed by atoms with Gasteiger partial charge in [-0.15, -0.1) is 0 Å². The molecule has 3 rings (SSSR count). The van der Waals surface area contributed by atoms with Crippen LogP contribution in [0.25, 0.3) is 0 Å². The molecular weight excluding hydrogens is 242 g/mol. The second kappa shape index (κ2) is 3.30. The summed E-state index contributed by atoms with van der Waals surface area (Å²) in [4.78, 5) is 12.2.